The van der Waals surface area contributed by atoms with Gasteiger partial charge in [0.2, 0.25) is 0 Å². The van der Waals surface area contributed by atoms with Crippen molar-refractivity contribution in [3.05, 3.63) is 35.4 Å². The summed E-state index contributed by atoms with van der Waals surface area (Å²) in [4.78, 5) is 13.7. The summed E-state index contributed by atoms with van der Waals surface area (Å²) in [7, 11) is 0. The van der Waals surface area contributed by atoms with Gasteiger partial charge in [-0.25, -0.2) is 13.6 Å². The summed E-state index contributed by atoms with van der Waals surface area (Å²) < 4.78 is 31.6. The lowest BCUT2D eigenvalue weighted by atomic mass is 10.1. The van der Waals surface area contributed by atoms with E-state index in [1.54, 1.807) is 4.90 Å². The largest absolute Gasteiger partial charge is 0.444 e. The molecule has 118 valence electrons. The molecule has 0 aromatic heterocycles. The van der Waals surface area contributed by atoms with Gasteiger partial charge in [0.05, 0.1) is 0 Å². The number of ether oxygens (including phenoxy) is 1. The fourth-order valence-corrected chi connectivity index (χ4v) is 2.36. The minimum Gasteiger partial charge on any atom is -0.444 e. The number of nitrogens with one attached hydrogen (secondary N) is 1. The van der Waals surface area contributed by atoms with Crippen LogP contribution in [-0.2, 0) is 11.3 Å². The molecule has 7 heteroatoms. The smallest absolute Gasteiger partial charge is 0.410 e. The second-order valence-corrected chi connectivity index (χ2v) is 5.05. The zero-order valence-electron chi connectivity index (χ0n) is 11.9. The van der Waals surface area contributed by atoms with Gasteiger partial charge in [0.25, 0.3) is 0 Å². The molecule has 4 nitrogen and oxygen atoms in total. The first-order valence-electron chi connectivity index (χ1n) is 6.58. The van der Waals surface area contributed by atoms with Gasteiger partial charge >= 0.3 is 6.09 Å². The number of benzene rings is 1. The van der Waals surface area contributed by atoms with Crippen LogP contribution in [0.1, 0.15) is 19.4 Å². The van der Waals surface area contributed by atoms with E-state index in [0.717, 1.165) is 18.2 Å². The third kappa shape index (κ3) is 4.28. The van der Waals surface area contributed by atoms with Crippen molar-refractivity contribution in [3.8, 4) is 0 Å². The van der Waals surface area contributed by atoms with Gasteiger partial charge in [-0.2, -0.15) is 0 Å². The Morgan fingerprint density at radius 2 is 1.95 bits per heavy atom. The van der Waals surface area contributed by atoms with Crippen molar-refractivity contribution in [2.24, 2.45) is 0 Å². The normalized spacial score (nSPS) is 21.6. The molecule has 1 heterocycles. The van der Waals surface area contributed by atoms with Crippen LogP contribution in [0, 0.1) is 11.6 Å². The fourth-order valence-electron chi connectivity index (χ4n) is 2.36. The maximum absolute atomic E-state index is 13.4. The Labute approximate surface area is 128 Å². The third-order valence-corrected chi connectivity index (χ3v) is 3.40. The van der Waals surface area contributed by atoms with E-state index in [4.69, 9.17) is 4.74 Å². The van der Waals surface area contributed by atoms with Crippen molar-refractivity contribution in [1.29, 1.82) is 0 Å². The topological polar surface area (TPSA) is 41.6 Å². The molecular weight excluding hydrogens is 302 g/mol. The van der Waals surface area contributed by atoms with Crippen LogP contribution in [0.5, 0.6) is 0 Å². The zero-order valence-corrected chi connectivity index (χ0v) is 12.8. The SMILES string of the molecule is CC1CNCC(C)N1C(=O)OCc1cc(F)ccc1F.Cl. The number of piperazine rings is 1. The number of carbonyl (C=O) groups is 1. The second kappa shape index (κ2) is 7.56. The predicted octanol–water partition coefficient (Wildman–Crippen LogP) is 2.71. The van der Waals surface area contributed by atoms with E-state index in [9.17, 15) is 13.6 Å². The molecule has 2 rings (SSSR count). The molecule has 0 spiro atoms. The molecule has 2 atom stereocenters. The van der Waals surface area contributed by atoms with Gasteiger partial charge in [-0.05, 0) is 32.0 Å². The summed E-state index contributed by atoms with van der Waals surface area (Å²) in [6, 6.07) is 3.09. The first-order valence-corrected chi connectivity index (χ1v) is 6.58. The molecule has 0 radical (unpaired) electrons. The molecule has 0 bridgehead atoms. The molecule has 1 fully saturated rings. The summed E-state index contributed by atoms with van der Waals surface area (Å²) >= 11 is 0. The highest BCUT2D eigenvalue weighted by Crippen LogP contribution is 2.15. The van der Waals surface area contributed by atoms with Crippen molar-refractivity contribution in [1.82, 2.24) is 10.2 Å². The Morgan fingerprint density at radius 1 is 1.33 bits per heavy atom. The van der Waals surface area contributed by atoms with Crippen LogP contribution in [0.4, 0.5) is 13.6 Å². The number of amides is 1. The molecule has 1 aromatic carbocycles. The Kier molecular flexibility index (Phi) is 6.36. The van der Waals surface area contributed by atoms with E-state index in [1.807, 2.05) is 13.8 Å². The Morgan fingerprint density at radius 3 is 2.57 bits per heavy atom. The lowest BCUT2D eigenvalue weighted by molar-refractivity contribution is 0.0557. The summed E-state index contributed by atoms with van der Waals surface area (Å²) in [6.07, 6.45) is -0.504. The first-order chi connectivity index (χ1) is 9.49. The highest BCUT2D eigenvalue weighted by molar-refractivity contribution is 5.85. The van der Waals surface area contributed by atoms with Gasteiger partial charge < -0.3 is 15.0 Å². The van der Waals surface area contributed by atoms with Crippen molar-refractivity contribution in [3.63, 3.8) is 0 Å². The molecular formula is C14H19ClF2N2O2. The van der Waals surface area contributed by atoms with Crippen LogP contribution in [0.2, 0.25) is 0 Å². The summed E-state index contributed by atoms with van der Waals surface area (Å²) in [5, 5.41) is 3.20. The predicted molar refractivity (Wildman–Crippen MR) is 77.4 cm³/mol. The number of nitrogens with zero attached hydrogens (tertiary/aromatic N) is 1. The van der Waals surface area contributed by atoms with Gasteiger partial charge in [-0.1, -0.05) is 0 Å². The van der Waals surface area contributed by atoms with Crippen LogP contribution < -0.4 is 5.32 Å². The second-order valence-electron chi connectivity index (χ2n) is 5.05. The van der Waals surface area contributed by atoms with E-state index in [1.165, 1.54) is 0 Å². The molecule has 21 heavy (non-hydrogen) atoms. The van der Waals surface area contributed by atoms with Crippen LogP contribution in [0.3, 0.4) is 0 Å². The van der Waals surface area contributed by atoms with E-state index in [0.29, 0.717) is 13.1 Å². The highest BCUT2D eigenvalue weighted by atomic mass is 35.5. The fraction of sp³-hybridized carbons (Fsp3) is 0.500. The average molecular weight is 321 g/mol. The first kappa shape index (κ1) is 17.7. The number of hydrogen-bond donors (Lipinski definition) is 1. The lowest BCUT2D eigenvalue weighted by Crippen LogP contribution is -2.57. The maximum atomic E-state index is 13.4. The van der Waals surface area contributed by atoms with E-state index >= 15 is 0 Å². The molecule has 0 saturated carbocycles. The molecule has 1 N–H and O–H groups in total. The van der Waals surface area contributed by atoms with E-state index in [2.05, 4.69) is 5.32 Å². The Bertz CT molecular complexity index is 492. The van der Waals surface area contributed by atoms with Crippen molar-refractivity contribution in [2.45, 2.75) is 32.5 Å². The van der Waals surface area contributed by atoms with Gasteiger partial charge in [-0.3, -0.25) is 0 Å². The van der Waals surface area contributed by atoms with Gasteiger partial charge in [0, 0.05) is 30.7 Å². The Balaban J connectivity index is 0.00000220. The van der Waals surface area contributed by atoms with Crippen molar-refractivity contribution in [2.75, 3.05) is 13.1 Å². The van der Waals surface area contributed by atoms with Gasteiger partial charge in [0.15, 0.2) is 0 Å². The highest BCUT2D eigenvalue weighted by Gasteiger charge is 2.30. The number of halogens is 3. The number of rotatable bonds is 2. The minimum absolute atomic E-state index is 0. The minimum atomic E-state index is -0.583. The average Bonchev–Trinajstić information content (AvgIpc) is 2.39. The summed E-state index contributed by atoms with van der Waals surface area (Å²) in [6.45, 7) is 4.92. The monoisotopic (exact) mass is 320 g/mol. The van der Waals surface area contributed by atoms with Crippen LogP contribution >= 0.6 is 12.4 Å². The number of carbonyl (C=O) groups excluding carboxylic acids is 1. The van der Waals surface area contributed by atoms with E-state index < -0.39 is 17.7 Å². The maximum Gasteiger partial charge on any atom is 0.410 e. The van der Waals surface area contributed by atoms with Crippen molar-refractivity contribution < 1.29 is 18.3 Å². The van der Waals surface area contributed by atoms with Crippen LogP contribution in [-0.4, -0.2) is 36.2 Å². The molecule has 0 aliphatic carbocycles. The molecule has 2 unspecified atom stereocenters. The standard InChI is InChI=1S/C14H18F2N2O2.ClH/c1-9-6-17-7-10(2)18(9)14(19)20-8-11-5-12(15)3-4-13(11)16;/h3-5,9-10,17H,6-8H2,1-2H3;1H. The quantitative estimate of drug-likeness (QED) is 0.911. The van der Waals surface area contributed by atoms with Gasteiger partial charge in [-0.15, -0.1) is 12.4 Å². The third-order valence-electron chi connectivity index (χ3n) is 3.40. The Hall–Kier alpha value is -1.40. The van der Waals surface area contributed by atoms with Crippen LogP contribution in [0.15, 0.2) is 18.2 Å². The zero-order chi connectivity index (χ0) is 14.7. The summed E-state index contributed by atoms with van der Waals surface area (Å²) in [5.41, 5.74) is 0.0359. The molecule has 1 saturated heterocycles. The molecule has 1 aromatic rings. The number of hydrogen-bond acceptors (Lipinski definition) is 3. The van der Waals surface area contributed by atoms with Crippen LogP contribution in [0.25, 0.3) is 0 Å². The molecule has 1 amide bonds. The molecule has 1 aliphatic rings. The van der Waals surface area contributed by atoms with Gasteiger partial charge in [0.1, 0.15) is 18.2 Å². The molecule has 1 aliphatic heterocycles. The van der Waals surface area contributed by atoms with Crippen molar-refractivity contribution >= 4 is 18.5 Å². The summed E-state index contributed by atoms with van der Waals surface area (Å²) in [5.74, 6) is -1.14. The lowest BCUT2D eigenvalue weighted by Gasteiger charge is -2.38. The van der Waals surface area contributed by atoms with E-state index in [-0.39, 0.29) is 36.7 Å².